The van der Waals surface area contributed by atoms with E-state index in [0.29, 0.717) is 5.92 Å². The highest BCUT2D eigenvalue weighted by molar-refractivity contribution is 5.59. The first-order valence-corrected chi connectivity index (χ1v) is 14.6. The van der Waals surface area contributed by atoms with Crippen molar-refractivity contribution in [1.82, 2.24) is 4.98 Å². The second kappa shape index (κ2) is 14.4. The molecule has 2 aromatic rings. The average Bonchev–Trinajstić information content (AvgIpc) is 2.92. The Balaban J connectivity index is 1.46. The molecule has 1 aromatic carbocycles. The molecule has 3 rings (SSSR count). The van der Waals surface area contributed by atoms with E-state index in [4.69, 9.17) is 4.98 Å². The van der Waals surface area contributed by atoms with Gasteiger partial charge in [-0.3, -0.25) is 4.98 Å². The Labute approximate surface area is 215 Å². The summed E-state index contributed by atoms with van der Waals surface area (Å²) in [5.41, 5.74) is 4.97. The summed E-state index contributed by atoms with van der Waals surface area (Å²) in [6.07, 6.45) is 20.5. The number of rotatable bonds is 14. The second-order valence-electron chi connectivity index (χ2n) is 11.3. The molecule has 2 nitrogen and oxygen atoms in total. The van der Waals surface area contributed by atoms with Gasteiger partial charge in [0.25, 0.3) is 0 Å². The molecule has 2 heteroatoms. The van der Waals surface area contributed by atoms with E-state index in [2.05, 4.69) is 69.4 Å². The molecule has 190 valence electrons. The van der Waals surface area contributed by atoms with Crippen LogP contribution in [0.1, 0.15) is 128 Å². The van der Waals surface area contributed by atoms with Gasteiger partial charge in [0.15, 0.2) is 0 Å². The van der Waals surface area contributed by atoms with E-state index in [1.807, 2.05) is 0 Å². The third kappa shape index (κ3) is 8.49. The summed E-state index contributed by atoms with van der Waals surface area (Å²) >= 11 is 0. The Morgan fingerprint density at radius 2 is 1.63 bits per heavy atom. The predicted molar refractivity (Wildman–Crippen MR) is 149 cm³/mol. The van der Waals surface area contributed by atoms with Gasteiger partial charge in [-0.2, -0.15) is 5.26 Å². The molecular formula is C33H48N2. The molecule has 1 aliphatic carbocycles. The van der Waals surface area contributed by atoms with Gasteiger partial charge < -0.3 is 0 Å². The van der Waals surface area contributed by atoms with Crippen LogP contribution >= 0.6 is 0 Å². The molecule has 1 saturated carbocycles. The maximum atomic E-state index is 9.91. The lowest BCUT2D eigenvalue weighted by Gasteiger charge is -2.36. The van der Waals surface area contributed by atoms with E-state index in [9.17, 15) is 5.26 Å². The van der Waals surface area contributed by atoms with E-state index in [1.165, 1.54) is 74.5 Å². The monoisotopic (exact) mass is 472 g/mol. The van der Waals surface area contributed by atoms with Crippen molar-refractivity contribution < 1.29 is 0 Å². The minimum atomic E-state index is -0.0827. The maximum absolute atomic E-state index is 9.91. The molecule has 0 aliphatic heterocycles. The molecule has 0 radical (unpaired) electrons. The largest absolute Gasteiger partial charge is 0.256 e. The summed E-state index contributed by atoms with van der Waals surface area (Å²) in [5.74, 6) is 1.32. The van der Waals surface area contributed by atoms with Crippen molar-refractivity contribution in [2.45, 2.75) is 123 Å². The van der Waals surface area contributed by atoms with E-state index >= 15 is 0 Å². The SMILES string of the molecule is CCCCCCCCCc1ccc(-c2ccc(C3CCC(C#N)(CC[C@@H](C)CC)CC3)cc2)nc1. The van der Waals surface area contributed by atoms with Crippen molar-refractivity contribution in [3.63, 3.8) is 0 Å². The predicted octanol–water partition coefficient (Wildman–Crippen LogP) is 10.0. The average molecular weight is 473 g/mol. The van der Waals surface area contributed by atoms with Gasteiger partial charge in [-0.15, -0.1) is 0 Å². The molecular weight excluding hydrogens is 424 g/mol. The first-order valence-electron chi connectivity index (χ1n) is 14.6. The van der Waals surface area contributed by atoms with E-state index in [0.717, 1.165) is 50.1 Å². The van der Waals surface area contributed by atoms with Crippen molar-refractivity contribution in [3.05, 3.63) is 53.7 Å². The third-order valence-corrected chi connectivity index (χ3v) is 8.56. The standard InChI is InChI=1S/C33H48N2/c1-4-6-7-8-9-10-11-12-28-13-18-32(35-25-28)31-16-14-29(15-17-31)30-20-23-33(26-34,24-21-30)22-19-27(3)5-2/h13-18,25,27,30H,4-12,19-24H2,1-3H3/t27-,30?,33?/m0/s1. The zero-order valence-electron chi connectivity index (χ0n) is 22.7. The highest BCUT2D eigenvalue weighted by Gasteiger charge is 2.35. The Morgan fingerprint density at radius 3 is 2.23 bits per heavy atom. The third-order valence-electron chi connectivity index (χ3n) is 8.56. The molecule has 0 unspecified atom stereocenters. The Bertz CT molecular complexity index is 882. The van der Waals surface area contributed by atoms with Crippen molar-refractivity contribution in [1.29, 1.82) is 5.26 Å². The molecule has 1 aliphatic rings. The van der Waals surface area contributed by atoms with E-state index in [-0.39, 0.29) is 5.41 Å². The number of nitrogens with zero attached hydrogens (tertiary/aromatic N) is 2. The van der Waals surface area contributed by atoms with Gasteiger partial charge >= 0.3 is 0 Å². The fraction of sp³-hybridized carbons (Fsp3) is 0.636. The number of nitriles is 1. The van der Waals surface area contributed by atoms with Crippen LogP contribution in [-0.4, -0.2) is 4.98 Å². The van der Waals surface area contributed by atoms with Crippen LogP contribution in [0.15, 0.2) is 42.6 Å². The summed E-state index contributed by atoms with van der Waals surface area (Å²) in [7, 11) is 0. The first-order chi connectivity index (χ1) is 17.1. The van der Waals surface area contributed by atoms with Crippen molar-refractivity contribution in [3.8, 4) is 17.3 Å². The topological polar surface area (TPSA) is 36.7 Å². The molecule has 1 atom stereocenters. The molecule has 0 amide bonds. The molecule has 35 heavy (non-hydrogen) atoms. The van der Waals surface area contributed by atoms with Crippen LogP contribution in [0.4, 0.5) is 0 Å². The molecule has 0 bridgehead atoms. The zero-order chi connectivity index (χ0) is 24.9. The second-order valence-corrected chi connectivity index (χ2v) is 11.3. The smallest absolute Gasteiger partial charge is 0.0702 e. The van der Waals surface area contributed by atoms with Gasteiger partial charge in [0.2, 0.25) is 0 Å². The summed E-state index contributed by atoms with van der Waals surface area (Å²) in [6.45, 7) is 6.85. The fourth-order valence-corrected chi connectivity index (χ4v) is 5.60. The summed E-state index contributed by atoms with van der Waals surface area (Å²) in [6, 6.07) is 16.2. The van der Waals surface area contributed by atoms with Crippen LogP contribution in [0, 0.1) is 22.7 Å². The zero-order valence-corrected chi connectivity index (χ0v) is 22.7. The van der Waals surface area contributed by atoms with Crippen LogP contribution in [0.2, 0.25) is 0 Å². The number of hydrogen-bond donors (Lipinski definition) is 0. The molecule has 1 aromatic heterocycles. The van der Waals surface area contributed by atoms with Gasteiger partial charge in [0.1, 0.15) is 0 Å². The van der Waals surface area contributed by atoms with Crippen molar-refractivity contribution in [2.24, 2.45) is 11.3 Å². The van der Waals surface area contributed by atoms with Crippen LogP contribution in [0.3, 0.4) is 0 Å². The van der Waals surface area contributed by atoms with Crippen LogP contribution < -0.4 is 0 Å². The summed E-state index contributed by atoms with van der Waals surface area (Å²) in [4.78, 5) is 4.77. The normalized spacial score (nSPS) is 20.9. The first kappa shape index (κ1) is 27.4. The number of aromatic nitrogens is 1. The van der Waals surface area contributed by atoms with Crippen LogP contribution in [0.5, 0.6) is 0 Å². The number of pyridine rings is 1. The Morgan fingerprint density at radius 1 is 0.943 bits per heavy atom. The lowest BCUT2D eigenvalue weighted by Crippen LogP contribution is -2.26. The van der Waals surface area contributed by atoms with Gasteiger partial charge in [0, 0.05) is 11.8 Å². The highest BCUT2D eigenvalue weighted by Crippen LogP contribution is 2.46. The summed E-state index contributed by atoms with van der Waals surface area (Å²) in [5, 5.41) is 9.91. The van der Waals surface area contributed by atoms with Crippen LogP contribution in [0.25, 0.3) is 11.3 Å². The number of aryl methyl sites for hydroxylation is 1. The molecule has 0 saturated heterocycles. The molecule has 1 heterocycles. The molecule has 1 fully saturated rings. The molecule has 0 N–H and O–H groups in total. The van der Waals surface area contributed by atoms with Crippen molar-refractivity contribution in [2.75, 3.05) is 0 Å². The Kier molecular flexibility index (Phi) is 11.3. The molecule has 0 spiro atoms. The highest BCUT2D eigenvalue weighted by atomic mass is 14.7. The Hall–Kier alpha value is -2.14. The maximum Gasteiger partial charge on any atom is 0.0702 e. The fourth-order valence-electron chi connectivity index (χ4n) is 5.60. The van der Waals surface area contributed by atoms with Gasteiger partial charge in [-0.1, -0.05) is 96.0 Å². The minimum Gasteiger partial charge on any atom is -0.256 e. The van der Waals surface area contributed by atoms with Crippen molar-refractivity contribution >= 4 is 0 Å². The lowest BCUT2D eigenvalue weighted by atomic mass is 9.67. The lowest BCUT2D eigenvalue weighted by molar-refractivity contribution is 0.213. The minimum absolute atomic E-state index is 0.0827. The number of hydrogen-bond acceptors (Lipinski definition) is 2. The van der Waals surface area contributed by atoms with Gasteiger partial charge in [-0.25, -0.2) is 0 Å². The van der Waals surface area contributed by atoms with E-state index < -0.39 is 0 Å². The number of benzene rings is 1. The quantitative estimate of drug-likeness (QED) is 0.256. The summed E-state index contributed by atoms with van der Waals surface area (Å²) < 4.78 is 0. The van der Waals surface area contributed by atoms with E-state index in [1.54, 1.807) is 0 Å². The van der Waals surface area contributed by atoms with Gasteiger partial charge in [0.05, 0.1) is 17.2 Å². The van der Waals surface area contributed by atoms with Crippen LogP contribution in [-0.2, 0) is 6.42 Å². The number of unbranched alkanes of at least 4 members (excludes halogenated alkanes) is 6. The van der Waals surface area contributed by atoms with Gasteiger partial charge in [-0.05, 0) is 80.4 Å².